The maximum atomic E-state index is 14.6. The molecule has 342 valence electrons. The molecule has 2 fully saturated rings. The average Bonchev–Trinajstić information content (AvgIpc) is 4.01. The maximum Gasteiger partial charge on any atom is 0.248 e. The lowest BCUT2D eigenvalue weighted by Crippen LogP contribution is -2.50. The molecular formula is C41H45BrFN13O9. The number of aliphatic hydroxyl groups excluding tert-OH is 2. The molecule has 6 atom stereocenters. The largest absolute Gasteiger partial charge is 0.390 e. The van der Waals surface area contributed by atoms with E-state index in [4.69, 9.17) is 4.74 Å². The van der Waals surface area contributed by atoms with E-state index in [0.29, 0.717) is 32.2 Å². The van der Waals surface area contributed by atoms with E-state index >= 15 is 0 Å². The molecule has 0 bridgehead atoms. The van der Waals surface area contributed by atoms with Crippen molar-refractivity contribution in [3.63, 3.8) is 0 Å². The lowest BCUT2D eigenvalue weighted by atomic mass is 9.90. The number of benzene rings is 1. The van der Waals surface area contributed by atoms with Crippen molar-refractivity contribution in [2.45, 2.75) is 50.4 Å². The fourth-order valence-corrected chi connectivity index (χ4v) is 7.76. The zero-order chi connectivity index (χ0) is 46.4. The summed E-state index contributed by atoms with van der Waals surface area (Å²) in [6.07, 6.45) is 1.44. The lowest BCUT2D eigenvalue weighted by Gasteiger charge is -2.37. The van der Waals surface area contributed by atoms with Crippen LogP contribution in [-0.2, 0) is 42.3 Å². The lowest BCUT2D eigenvalue weighted by molar-refractivity contribution is -0.166. The number of rotatable bonds is 16. The van der Waals surface area contributed by atoms with Gasteiger partial charge in [0, 0.05) is 68.0 Å². The molecule has 0 spiro atoms. The van der Waals surface area contributed by atoms with Gasteiger partial charge < -0.3 is 46.4 Å². The Hall–Kier alpha value is -6.76. The van der Waals surface area contributed by atoms with Crippen LogP contribution in [0.3, 0.4) is 0 Å². The molecule has 22 nitrogen and oxygen atoms in total. The number of hydrogen-bond donors (Lipinski definition) is 7. The van der Waals surface area contributed by atoms with Gasteiger partial charge in [0.2, 0.25) is 35.5 Å². The highest BCUT2D eigenvalue weighted by Crippen LogP contribution is 2.32. The van der Waals surface area contributed by atoms with Gasteiger partial charge in [0.15, 0.2) is 5.78 Å². The van der Waals surface area contributed by atoms with Gasteiger partial charge in [0.1, 0.15) is 47.1 Å². The zero-order valence-electron chi connectivity index (χ0n) is 35.0. The predicted molar refractivity (Wildman–Crippen MR) is 231 cm³/mol. The number of nitrogens with one attached hydrogen (secondary N) is 5. The van der Waals surface area contributed by atoms with Crippen molar-refractivity contribution in [2.24, 2.45) is 13.0 Å². The van der Waals surface area contributed by atoms with Crippen LogP contribution >= 0.6 is 15.9 Å². The van der Waals surface area contributed by atoms with E-state index in [1.807, 2.05) is 0 Å². The van der Waals surface area contributed by atoms with Crippen LogP contribution in [0, 0.1) is 5.92 Å². The van der Waals surface area contributed by atoms with Crippen LogP contribution in [-0.4, -0.2) is 149 Å². The molecule has 0 saturated carbocycles. The quantitative estimate of drug-likeness (QED) is 0.0508. The number of carbonyl (C=O) groups excluding carboxylic acids is 6. The van der Waals surface area contributed by atoms with Crippen LogP contribution in [0.4, 0.5) is 16.2 Å². The Morgan fingerprint density at radius 1 is 0.923 bits per heavy atom. The number of fused-ring (bicyclic) bond motifs is 1. The molecule has 7 N–H and O–H groups in total. The summed E-state index contributed by atoms with van der Waals surface area (Å²) in [4.78, 5) is 90.3. The first-order valence-corrected chi connectivity index (χ1v) is 21.1. The Kier molecular flexibility index (Phi) is 14.5. The first-order valence-electron chi connectivity index (χ1n) is 20.3. The third-order valence-electron chi connectivity index (χ3n) is 10.7. The molecule has 4 aromatic heterocycles. The molecule has 0 radical (unpaired) electrons. The minimum absolute atomic E-state index is 0.00854. The van der Waals surface area contributed by atoms with Crippen molar-refractivity contribution in [3.8, 4) is 11.1 Å². The molecule has 5 aromatic rings. The van der Waals surface area contributed by atoms with Gasteiger partial charge in [-0.05, 0) is 45.8 Å². The highest BCUT2D eigenvalue weighted by atomic mass is 79.9. The standard InChI is InChI=1S/C41H45BrFN13O9/c1-21(57)36-27-8-22(6-7-28(27)56(53-36)19-35(61)55-18-26(43)9-29(55)40(64)52-31-5-3-4-30(42)51-31)23-10-47-41(48-11-23)49-16-34(60)46-15-33(59)45-14-32(58)44-12-25-20-65-39(38(63)37(25)62)24-13-50-54(2)17-24/h3-8,10-11,13,17,25-26,29,37-39,62-63H,9,12,14-16,18-20H2,1-2H3,(H,44,58)(H,45,59)(H,46,60)(H,47,48,49)(H,51,52,64)/t25-,26+,29-,37-,38-,39-/m0/s1. The highest BCUT2D eigenvalue weighted by Gasteiger charge is 2.41. The van der Waals surface area contributed by atoms with Gasteiger partial charge in [0.05, 0.1) is 50.6 Å². The molecule has 65 heavy (non-hydrogen) atoms. The molecule has 1 aromatic carbocycles. The monoisotopic (exact) mass is 961 g/mol. The number of ether oxygens (including phenoxy) is 1. The van der Waals surface area contributed by atoms with Crippen molar-refractivity contribution in [1.29, 1.82) is 0 Å². The first kappa shape index (κ1) is 46.2. The minimum Gasteiger partial charge on any atom is -0.390 e. The Morgan fingerprint density at radius 3 is 2.34 bits per heavy atom. The normalized spacial score (nSPS) is 20.6. The van der Waals surface area contributed by atoms with Crippen molar-refractivity contribution in [3.05, 3.63) is 77.0 Å². The van der Waals surface area contributed by atoms with E-state index in [9.17, 15) is 43.4 Å². The van der Waals surface area contributed by atoms with Gasteiger partial charge >= 0.3 is 0 Å². The van der Waals surface area contributed by atoms with E-state index in [1.54, 1.807) is 54.3 Å². The Morgan fingerprint density at radius 2 is 1.65 bits per heavy atom. The predicted octanol–water partition coefficient (Wildman–Crippen LogP) is 0.0346. The third-order valence-corrected chi connectivity index (χ3v) is 11.2. The summed E-state index contributed by atoms with van der Waals surface area (Å²) < 4.78 is 23.7. The van der Waals surface area contributed by atoms with Crippen molar-refractivity contribution >= 4 is 73.9 Å². The molecule has 2 saturated heterocycles. The number of amides is 5. The SMILES string of the molecule is CC(=O)c1nn(CC(=O)N2C[C@H](F)C[C@H]2C(=O)Nc2cccc(Br)n2)c2ccc(-c3cnc(NCC(=O)NCC(=O)NCC(=O)NC[C@H]4CO[C@@H](c5cnn(C)c5)[C@@H](O)[C@H]4O)nc3)cc12. The van der Waals surface area contributed by atoms with E-state index in [1.165, 1.54) is 35.1 Å². The number of carbonyl (C=O) groups is 6. The Labute approximate surface area is 377 Å². The number of ketones is 1. The van der Waals surface area contributed by atoms with Gasteiger partial charge in [-0.1, -0.05) is 12.1 Å². The maximum absolute atomic E-state index is 14.6. The van der Waals surface area contributed by atoms with Gasteiger partial charge in [-0.3, -0.25) is 38.1 Å². The second-order valence-electron chi connectivity index (χ2n) is 15.5. The average molecular weight is 963 g/mol. The van der Waals surface area contributed by atoms with E-state index in [0.717, 1.165) is 0 Å². The smallest absolute Gasteiger partial charge is 0.248 e. The Balaban J connectivity index is 0.860. The number of halogens is 2. The first-order chi connectivity index (χ1) is 31.1. The number of alkyl halides is 1. The summed E-state index contributed by atoms with van der Waals surface area (Å²) in [7, 11) is 1.72. The van der Waals surface area contributed by atoms with Crippen LogP contribution < -0.4 is 26.6 Å². The molecular weight excluding hydrogens is 917 g/mol. The summed E-state index contributed by atoms with van der Waals surface area (Å²) in [5, 5.41) is 42.8. The number of hydrogen-bond acceptors (Lipinski definition) is 15. The number of Topliss-reactive ketones (excluding diaryl/α,β-unsaturated/α-hetero) is 1. The topological polar surface area (TPSA) is 290 Å². The second kappa shape index (κ2) is 20.4. The number of aliphatic hydroxyl groups is 2. The van der Waals surface area contributed by atoms with Gasteiger partial charge in [-0.15, -0.1) is 0 Å². The number of aryl methyl sites for hydroxylation is 1. The fraction of sp³-hybridized carbons (Fsp3) is 0.390. The molecule has 2 aliphatic rings. The summed E-state index contributed by atoms with van der Waals surface area (Å²) in [6.45, 7) is -0.331. The zero-order valence-corrected chi connectivity index (χ0v) is 36.6. The summed E-state index contributed by atoms with van der Waals surface area (Å²) in [5.74, 6) is -3.48. The molecule has 2 aliphatic heterocycles. The van der Waals surface area contributed by atoms with Crippen molar-refractivity contribution in [1.82, 2.24) is 55.4 Å². The van der Waals surface area contributed by atoms with Crippen LogP contribution in [0.2, 0.25) is 0 Å². The van der Waals surface area contributed by atoms with Crippen LogP contribution in [0.1, 0.15) is 35.5 Å². The Bertz CT molecular complexity index is 2590. The van der Waals surface area contributed by atoms with Crippen molar-refractivity contribution < 1.29 is 48.1 Å². The van der Waals surface area contributed by atoms with Gasteiger partial charge in [0.25, 0.3) is 0 Å². The van der Waals surface area contributed by atoms with Crippen LogP contribution in [0.25, 0.3) is 22.0 Å². The third kappa shape index (κ3) is 11.3. The molecule has 6 heterocycles. The number of nitrogens with zero attached hydrogens (tertiary/aromatic N) is 8. The number of pyridine rings is 1. The van der Waals surface area contributed by atoms with Gasteiger partial charge in [-0.2, -0.15) is 10.2 Å². The number of likely N-dealkylation sites (tertiary alicyclic amines) is 1. The highest BCUT2D eigenvalue weighted by molar-refractivity contribution is 9.10. The molecule has 5 amide bonds. The summed E-state index contributed by atoms with van der Waals surface area (Å²) >= 11 is 3.24. The molecule has 24 heteroatoms. The molecule has 7 rings (SSSR count). The van der Waals surface area contributed by atoms with Crippen LogP contribution in [0.5, 0.6) is 0 Å². The summed E-state index contributed by atoms with van der Waals surface area (Å²) in [5.41, 5.74) is 2.33. The van der Waals surface area contributed by atoms with E-state index < -0.39 is 79.1 Å². The van der Waals surface area contributed by atoms with E-state index in [2.05, 4.69) is 67.7 Å². The summed E-state index contributed by atoms with van der Waals surface area (Å²) in [6, 6.07) is 8.94. The van der Waals surface area contributed by atoms with E-state index in [-0.39, 0.29) is 62.5 Å². The fourth-order valence-electron chi connectivity index (χ4n) is 7.42. The minimum atomic E-state index is -1.42. The number of aromatic nitrogens is 7. The molecule has 0 unspecified atom stereocenters. The molecule has 0 aliphatic carbocycles. The number of anilines is 2. The van der Waals surface area contributed by atoms with Crippen molar-refractivity contribution in [2.75, 3.05) is 50.0 Å². The van der Waals surface area contributed by atoms with Gasteiger partial charge in [-0.25, -0.2) is 19.3 Å². The second-order valence-corrected chi connectivity index (χ2v) is 16.3. The van der Waals surface area contributed by atoms with Crippen LogP contribution in [0.15, 0.2) is 65.8 Å².